The van der Waals surface area contributed by atoms with Crippen molar-refractivity contribution in [3.63, 3.8) is 0 Å². The van der Waals surface area contributed by atoms with Crippen molar-refractivity contribution in [2.24, 2.45) is 0 Å². The number of nitrogens with one attached hydrogen (secondary N) is 1. The zero-order chi connectivity index (χ0) is 11.8. The van der Waals surface area contributed by atoms with Crippen LogP contribution in [0.5, 0.6) is 0 Å². The predicted octanol–water partition coefficient (Wildman–Crippen LogP) is 3.52. The highest BCUT2D eigenvalue weighted by molar-refractivity contribution is 7.12. The van der Waals surface area contributed by atoms with Crippen LogP contribution in [0.1, 0.15) is 42.5 Å². The molecular formula is C13H23NOS. The average Bonchev–Trinajstić information content (AvgIpc) is 2.70. The van der Waals surface area contributed by atoms with Crippen molar-refractivity contribution in [3.05, 3.63) is 21.9 Å². The van der Waals surface area contributed by atoms with Gasteiger partial charge in [0, 0.05) is 29.0 Å². The van der Waals surface area contributed by atoms with E-state index in [-0.39, 0.29) is 0 Å². The zero-order valence-corrected chi connectivity index (χ0v) is 11.4. The Hall–Kier alpha value is -0.380. The Morgan fingerprint density at radius 1 is 1.38 bits per heavy atom. The molecule has 0 amide bonds. The van der Waals surface area contributed by atoms with Crippen LogP contribution in [0.15, 0.2) is 12.1 Å². The third-order valence-corrected chi connectivity index (χ3v) is 3.64. The molecule has 0 aliphatic carbocycles. The van der Waals surface area contributed by atoms with Crippen molar-refractivity contribution in [2.75, 3.05) is 19.8 Å². The van der Waals surface area contributed by atoms with Gasteiger partial charge < -0.3 is 10.1 Å². The molecule has 0 spiro atoms. The van der Waals surface area contributed by atoms with Crippen LogP contribution in [0.2, 0.25) is 0 Å². The second kappa shape index (κ2) is 7.82. The predicted molar refractivity (Wildman–Crippen MR) is 71.2 cm³/mol. The highest BCUT2D eigenvalue weighted by Crippen LogP contribution is 2.21. The van der Waals surface area contributed by atoms with Crippen LogP contribution in [-0.2, 0) is 4.74 Å². The summed E-state index contributed by atoms with van der Waals surface area (Å²) in [6.45, 7) is 9.30. The highest BCUT2D eigenvalue weighted by Gasteiger charge is 2.05. The van der Waals surface area contributed by atoms with E-state index in [0.717, 1.165) is 32.6 Å². The number of ether oxygens (including phenoxy) is 1. The molecule has 3 heteroatoms. The number of hydrogen-bond acceptors (Lipinski definition) is 3. The van der Waals surface area contributed by atoms with E-state index in [1.165, 1.54) is 9.75 Å². The Bertz CT molecular complexity index is 285. The summed E-state index contributed by atoms with van der Waals surface area (Å²) >= 11 is 1.87. The van der Waals surface area contributed by atoms with Crippen LogP contribution >= 0.6 is 11.3 Å². The van der Waals surface area contributed by atoms with Crippen LogP contribution in [0, 0.1) is 6.92 Å². The van der Waals surface area contributed by atoms with Gasteiger partial charge >= 0.3 is 0 Å². The largest absolute Gasteiger partial charge is 0.381 e. The summed E-state index contributed by atoms with van der Waals surface area (Å²) in [6.07, 6.45) is 2.20. The standard InChI is InChI=1S/C13H23NOS/c1-4-9-15-10-5-8-14-12(3)13-7-6-11(2)16-13/h6-7,12,14H,4-5,8-10H2,1-3H3. The zero-order valence-electron chi connectivity index (χ0n) is 10.6. The van der Waals surface area contributed by atoms with E-state index in [4.69, 9.17) is 4.74 Å². The number of aryl methyl sites for hydroxylation is 1. The van der Waals surface area contributed by atoms with Crippen molar-refractivity contribution >= 4 is 11.3 Å². The SMILES string of the molecule is CCCOCCCNC(C)c1ccc(C)s1. The maximum Gasteiger partial charge on any atom is 0.0478 e. The lowest BCUT2D eigenvalue weighted by Gasteiger charge is -2.11. The Kier molecular flexibility index (Phi) is 6.69. The summed E-state index contributed by atoms with van der Waals surface area (Å²) in [4.78, 5) is 2.81. The second-order valence-corrected chi connectivity index (χ2v) is 5.41. The van der Waals surface area contributed by atoms with Crippen molar-refractivity contribution in [2.45, 2.75) is 39.7 Å². The first-order valence-electron chi connectivity index (χ1n) is 6.11. The summed E-state index contributed by atoms with van der Waals surface area (Å²) in [7, 11) is 0. The van der Waals surface area contributed by atoms with E-state index >= 15 is 0 Å². The number of rotatable bonds is 8. The number of hydrogen-bond donors (Lipinski definition) is 1. The molecular weight excluding hydrogens is 218 g/mol. The molecule has 0 aromatic carbocycles. The molecule has 1 unspecified atom stereocenters. The number of thiophene rings is 1. The molecule has 1 rings (SSSR count). The first kappa shape index (κ1) is 13.7. The van der Waals surface area contributed by atoms with Gasteiger partial charge in [-0.05, 0) is 45.4 Å². The molecule has 0 radical (unpaired) electrons. The molecule has 1 aromatic heterocycles. The first-order valence-corrected chi connectivity index (χ1v) is 6.93. The summed E-state index contributed by atoms with van der Waals surface area (Å²) in [5.41, 5.74) is 0. The fourth-order valence-corrected chi connectivity index (χ4v) is 2.43. The molecule has 1 aromatic rings. The van der Waals surface area contributed by atoms with Crippen molar-refractivity contribution in [3.8, 4) is 0 Å². The monoisotopic (exact) mass is 241 g/mol. The summed E-state index contributed by atoms with van der Waals surface area (Å²) < 4.78 is 5.44. The third kappa shape index (κ3) is 5.10. The van der Waals surface area contributed by atoms with Gasteiger partial charge in [0.15, 0.2) is 0 Å². The normalized spacial score (nSPS) is 12.9. The molecule has 92 valence electrons. The van der Waals surface area contributed by atoms with Gasteiger partial charge in [0.2, 0.25) is 0 Å². The molecule has 0 aliphatic rings. The third-order valence-electron chi connectivity index (χ3n) is 2.45. The molecule has 0 saturated heterocycles. The quantitative estimate of drug-likeness (QED) is 0.703. The van der Waals surface area contributed by atoms with Crippen molar-refractivity contribution < 1.29 is 4.74 Å². The fraction of sp³-hybridized carbons (Fsp3) is 0.692. The summed E-state index contributed by atoms with van der Waals surface area (Å²) in [6, 6.07) is 4.86. The van der Waals surface area contributed by atoms with E-state index in [1.807, 2.05) is 11.3 Å². The minimum Gasteiger partial charge on any atom is -0.381 e. The van der Waals surface area contributed by atoms with Gasteiger partial charge in [0.1, 0.15) is 0 Å². The molecule has 0 aliphatic heterocycles. The van der Waals surface area contributed by atoms with Gasteiger partial charge in [0.05, 0.1) is 0 Å². The molecule has 16 heavy (non-hydrogen) atoms. The summed E-state index contributed by atoms with van der Waals surface area (Å²) in [5.74, 6) is 0. The van der Waals surface area contributed by atoms with Crippen LogP contribution in [0.25, 0.3) is 0 Å². The molecule has 0 fully saturated rings. The molecule has 1 atom stereocenters. The lowest BCUT2D eigenvalue weighted by atomic mass is 10.2. The molecule has 0 bridgehead atoms. The Morgan fingerprint density at radius 3 is 2.81 bits per heavy atom. The van der Waals surface area contributed by atoms with Gasteiger partial charge in [-0.1, -0.05) is 6.92 Å². The fourth-order valence-electron chi connectivity index (χ4n) is 1.53. The maximum absolute atomic E-state index is 5.44. The van der Waals surface area contributed by atoms with Crippen LogP contribution in [0.4, 0.5) is 0 Å². The maximum atomic E-state index is 5.44. The van der Waals surface area contributed by atoms with Gasteiger partial charge in [-0.25, -0.2) is 0 Å². The van der Waals surface area contributed by atoms with Gasteiger partial charge in [-0.15, -0.1) is 11.3 Å². The van der Waals surface area contributed by atoms with Gasteiger partial charge in [-0.3, -0.25) is 0 Å². The van der Waals surface area contributed by atoms with Gasteiger partial charge in [-0.2, -0.15) is 0 Å². The van der Waals surface area contributed by atoms with Crippen LogP contribution in [-0.4, -0.2) is 19.8 Å². The average molecular weight is 241 g/mol. The molecule has 1 N–H and O–H groups in total. The molecule has 1 heterocycles. The van der Waals surface area contributed by atoms with Gasteiger partial charge in [0.25, 0.3) is 0 Å². The minimum atomic E-state index is 0.463. The Morgan fingerprint density at radius 2 is 2.19 bits per heavy atom. The minimum absolute atomic E-state index is 0.463. The molecule has 0 saturated carbocycles. The smallest absolute Gasteiger partial charge is 0.0478 e. The van der Waals surface area contributed by atoms with E-state index < -0.39 is 0 Å². The highest BCUT2D eigenvalue weighted by atomic mass is 32.1. The van der Waals surface area contributed by atoms with E-state index in [0.29, 0.717) is 6.04 Å². The lowest BCUT2D eigenvalue weighted by Crippen LogP contribution is -2.20. The lowest BCUT2D eigenvalue weighted by molar-refractivity contribution is 0.132. The topological polar surface area (TPSA) is 21.3 Å². The van der Waals surface area contributed by atoms with Crippen molar-refractivity contribution in [1.82, 2.24) is 5.32 Å². The van der Waals surface area contributed by atoms with Crippen LogP contribution < -0.4 is 5.32 Å². The second-order valence-electron chi connectivity index (χ2n) is 4.09. The molecule has 2 nitrogen and oxygen atoms in total. The van der Waals surface area contributed by atoms with Crippen molar-refractivity contribution in [1.29, 1.82) is 0 Å². The first-order chi connectivity index (χ1) is 7.74. The summed E-state index contributed by atoms with van der Waals surface area (Å²) in [5, 5.41) is 3.52. The Balaban J connectivity index is 2.09. The Labute approximate surface area is 103 Å². The van der Waals surface area contributed by atoms with E-state index in [2.05, 4.69) is 38.2 Å². The van der Waals surface area contributed by atoms with E-state index in [9.17, 15) is 0 Å². The van der Waals surface area contributed by atoms with E-state index in [1.54, 1.807) is 0 Å². The van der Waals surface area contributed by atoms with Crippen LogP contribution in [0.3, 0.4) is 0 Å².